The van der Waals surface area contributed by atoms with Crippen LogP contribution in [0.4, 0.5) is 5.69 Å². The van der Waals surface area contributed by atoms with Gasteiger partial charge in [0.25, 0.3) is 10.0 Å². The summed E-state index contributed by atoms with van der Waals surface area (Å²) < 4.78 is 32.8. The van der Waals surface area contributed by atoms with E-state index in [0.29, 0.717) is 12.3 Å². The molecule has 0 fully saturated rings. The summed E-state index contributed by atoms with van der Waals surface area (Å²) in [5, 5.41) is 0. The third kappa shape index (κ3) is 2.36. The highest BCUT2D eigenvalue weighted by Gasteiger charge is 2.20. The summed E-state index contributed by atoms with van der Waals surface area (Å²) in [6, 6.07) is 12.2. The third-order valence-corrected chi connectivity index (χ3v) is 4.70. The zero-order valence-corrected chi connectivity index (χ0v) is 11.9. The fourth-order valence-electron chi connectivity index (χ4n) is 2.24. The Morgan fingerprint density at radius 3 is 2.60 bits per heavy atom. The fraction of sp³-hybridized carbons (Fsp3) is 0.200. The lowest BCUT2D eigenvalue weighted by atomic mass is 10.1. The molecular formula is C15H15NO3S. The van der Waals surface area contributed by atoms with Gasteiger partial charge in [-0.15, -0.1) is 0 Å². The third-order valence-electron chi connectivity index (χ3n) is 3.32. The lowest BCUT2D eigenvalue weighted by Gasteiger charge is -2.11. The first-order chi connectivity index (χ1) is 9.56. The van der Waals surface area contributed by atoms with Crippen LogP contribution < -0.4 is 9.46 Å². The summed E-state index contributed by atoms with van der Waals surface area (Å²) in [5.41, 5.74) is 2.54. The molecule has 0 unspecified atom stereocenters. The molecule has 0 aromatic heterocycles. The number of benzene rings is 2. The molecule has 0 bridgehead atoms. The molecule has 2 aromatic rings. The van der Waals surface area contributed by atoms with Crippen molar-refractivity contribution in [2.45, 2.75) is 18.2 Å². The lowest BCUT2D eigenvalue weighted by molar-refractivity contribution is 0.357. The quantitative estimate of drug-likeness (QED) is 0.945. The van der Waals surface area contributed by atoms with Crippen LogP contribution in [0.5, 0.6) is 5.75 Å². The second kappa shape index (κ2) is 4.83. The molecule has 0 spiro atoms. The largest absolute Gasteiger partial charge is 0.493 e. The number of sulfonamides is 1. The van der Waals surface area contributed by atoms with Gasteiger partial charge < -0.3 is 4.74 Å². The van der Waals surface area contributed by atoms with Crippen LogP contribution in [0.2, 0.25) is 0 Å². The number of aryl methyl sites for hydroxylation is 1. The Bertz CT molecular complexity index is 736. The molecule has 5 heteroatoms. The Morgan fingerprint density at radius 2 is 1.85 bits per heavy atom. The maximum Gasteiger partial charge on any atom is 0.261 e. The zero-order chi connectivity index (χ0) is 14.2. The Balaban J connectivity index is 1.95. The molecule has 4 nitrogen and oxygen atoms in total. The van der Waals surface area contributed by atoms with Gasteiger partial charge in [0, 0.05) is 12.0 Å². The van der Waals surface area contributed by atoms with Gasteiger partial charge in [-0.25, -0.2) is 8.42 Å². The van der Waals surface area contributed by atoms with Crippen LogP contribution in [0, 0.1) is 6.92 Å². The molecule has 0 saturated carbocycles. The van der Waals surface area contributed by atoms with E-state index in [-0.39, 0.29) is 4.90 Å². The Labute approximate surface area is 118 Å². The van der Waals surface area contributed by atoms with Crippen molar-refractivity contribution in [1.82, 2.24) is 0 Å². The van der Waals surface area contributed by atoms with E-state index in [4.69, 9.17) is 4.74 Å². The summed E-state index contributed by atoms with van der Waals surface area (Å²) in [5.74, 6) is 0.758. The normalized spacial score (nSPS) is 13.7. The van der Waals surface area contributed by atoms with E-state index in [1.807, 2.05) is 13.0 Å². The van der Waals surface area contributed by atoms with E-state index < -0.39 is 10.0 Å². The Hall–Kier alpha value is -2.01. The molecule has 104 valence electrons. The summed E-state index contributed by atoms with van der Waals surface area (Å²) in [4.78, 5) is 0.264. The number of rotatable bonds is 3. The van der Waals surface area contributed by atoms with Crippen molar-refractivity contribution in [3.63, 3.8) is 0 Å². The summed E-state index contributed by atoms with van der Waals surface area (Å²) >= 11 is 0. The maximum atomic E-state index is 12.4. The van der Waals surface area contributed by atoms with Gasteiger partial charge in [0.15, 0.2) is 0 Å². The van der Waals surface area contributed by atoms with E-state index in [1.54, 1.807) is 36.4 Å². The van der Waals surface area contributed by atoms with Gasteiger partial charge in [-0.1, -0.05) is 23.8 Å². The molecule has 20 heavy (non-hydrogen) atoms. The highest BCUT2D eigenvalue weighted by Crippen LogP contribution is 2.32. The summed E-state index contributed by atoms with van der Waals surface area (Å²) in [6.45, 7) is 2.52. The van der Waals surface area contributed by atoms with E-state index in [9.17, 15) is 8.42 Å². The topological polar surface area (TPSA) is 55.4 Å². The van der Waals surface area contributed by atoms with E-state index in [2.05, 4.69) is 4.72 Å². The van der Waals surface area contributed by atoms with Crippen LogP contribution in [-0.4, -0.2) is 15.0 Å². The number of hydrogen-bond acceptors (Lipinski definition) is 3. The smallest absolute Gasteiger partial charge is 0.261 e. The number of nitrogens with one attached hydrogen (secondary N) is 1. The van der Waals surface area contributed by atoms with Gasteiger partial charge in [0.1, 0.15) is 5.75 Å². The minimum Gasteiger partial charge on any atom is -0.493 e. The molecule has 0 amide bonds. The molecule has 1 aliphatic heterocycles. The molecule has 1 aliphatic rings. The van der Waals surface area contributed by atoms with Crippen LogP contribution >= 0.6 is 0 Å². The minimum absolute atomic E-state index is 0.264. The van der Waals surface area contributed by atoms with Crippen LogP contribution in [0.3, 0.4) is 0 Å². The number of fused-ring (bicyclic) bond motifs is 1. The van der Waals surface area contributed by atoms with Gasteiger partial charge in [0.2, 0.25) is 0 Å². The highest BCUT2D eigenvalue weighted by atomic mass is 32.2. The maximum absolute atomic E-state index is 12.4. The number of ether oxygens (including phenoxy) is 1. The molecule has 0 radical (unpaired) electrons. The van der Waals surface area contributed by atoms with Crippen LogP contribution in [0.1, 0.15) is 11.1 Å². The lowest BCUT2D eigenvalue weighted by Crippen LogP contribution is -2.13. The van der Waals surface area contributed by atoms with Crippen molar-refractivity contribution in [3.05, 3.63) is 53.6 Å². The second-order valence-electron chi connectivity index (χ2n) is 4.80. The summed E-state index contributed by atoms with van der Waals surface area (Å²) in [6.07, 6.45) is 0.724. The van der Waals surface area contributed by atoms with Crippen molar-refractivity contribution < 1.29 is 13.2 Å². The highest BCUT2D eigenvalue weighted by molar-refractivity contribution is 7.92. The Kier molecular flexibility index (Phi) is 3.14. The zero-order valence-electron chi connectivity index (χ0n) is 11.1. The molecule has 3 rings (SSSR count). The van der Waals surface area contributed by atoms with Crippen molar-refractivity contribution in [2.24, 2.45) is 0 Å². The monoisotopic (exact) mass is 289 g/mol. The van der Waals surface area contributed by atoms with Gasteiger partial charge in [-0.2, -0.15) is 0 Å². The number of hydrogen-bond donors (Lipinski definition) is 1. The van der Waals surface area contributed by atoms with Gasteiger partial charge in [-0.05, 0) is 31.2 Å². The molecule has 1 heterocycles. The van der Waals surface area contributed by atoms with Gasteiger partial charge >= 0.3 is 0 Å². The fourth-order valence-corrected chi connectivity index (χ4v) is 3.33. The van der Waals surface area contributed by atoms with Crippen molar-refractivity contribution in [3.8, 4) is 5.75 Å². The average molecular weight is 289 g/mol. The van der Waals surface area contributed by atoms with E-state index >= 15 is 0 Å². The van der Waals surface area contributed by atoms with Gasteiger partial charge in [0.05, 0.1) is 17.2 Å². The second-order valence-corrected chi connectivity index (χ2v) is 6.48. The minimum atomic E-state index is -3.56. The van der Waals surface area contributed by atoms with Crippen LogP contribution in [0.25, 0.3) is 0 Å². The molecule has 0 saturated heterocycles. The average Bonchev–Trinajstić information content (AvgIpc) is 2.88. The predicted molar refractivity (Wildman–Crippen MR) is 77.6 cm³/mol. The van der Waals surface area contributed by atoms with Crippen molar-refractivity contribution in [2.75, 3.05) is 11.3 Å². The molecule has 0 atom stereocenters. The molecule has 0 aliphatic carbocycles. The van der Waals surface area contributed by atoms with Crippen LogP contribution in [-0.2, 0) is 16.4 Å². The van der Waals surface area contributed by atoms with Crippen molar-refractivity contribution >= 4 is 15.7 Å². The first-order valence-corrected chi connectivity index (χ1v) is 7.89. The molecule has 1 N–H and O–H groups in total. The number of anilines is 1. The first kappa shape index (κ1) is 13.0. The standard InChI is InChI=1S/C15H15NO3S/c1-11-5-7-12(8-6-11)20(17,18)16-14-3-2-4-15-13(14)9-10-19-15/h2-8,16H,9-10H2,1H3. The molecule has 2 aromatic carbocycles. The van der Waals surface area contributed by atoms with E-state index in [0.717, 1.165) is 23.3 Å². The van der Waals surface area contributed by atoms with Crippen LogP contribution in [0.15, 0.2) is 47.4 Å². The summed E-state index contributed by atoms with van der Waals surface area (Å²) in [7, 11) is -3.56. The van der Waals surface area contributed by atoms with Gasteiger partial charge in [-0.3, -0.25) is 4.72 Å². The predicted octanol–water partition coefficient (Wildman–Crippen LogP) is 2.73. The van der Waals surface area contributed by atoms with E-state index in [1.165, 1.54) is 0 Å². The Morgan fingerprint density at radius 1 is 1.10 bits per heavy atom. The van der Waals surface area contributed by atoms with Crippen molar-refractivity contribution in [1.29, 1.82) is 0 Å². The first-order valence-electron chi connectivity index (χ1n) is 6.40. The molecular weight excluding hydrogens is 274 g/mol. The SMILES string of the molecule is Cc1ccc(S(=O)(=O)Nc2cccc3c2CCO3)cc1.